The number of carbonyl (C=O) groups is 4. The first-order chi connectivity index (χ1) is 16.3. The van der Waals surface area contributed by atoms with Crippen LogP contribution in [-0.2, 0) is 14.4 Å². The summed E-state index contributed by atoms with van der Waals surface area (Å²) >= 11 is 6.63. The lowest BCUT2D eigenvalue weighted by Crippen LogP contribution is -2.51. The standard InChI is InChI=1S/C22H28ClN5O6/c1-14(2)18-20(30)28(21(31)24-18)34-22(32)27-8-6-25(7-9-27)16-5-3-4-15(17(16)23)19(29)26-10-12-33-13-11-26/h3-5,14,18H,6-13H2,1-2H3,(H,24,31)/t18-/m1/s1. The molecular formula is C22H28ClN5O6. The number of morpholine rings is 1. The Morgan fingerprint density at radius 2 is 1.74 bits per heavy atom. The van der Waals surface area contributed by atoms with Crippen molar-refractivity contribution >= 4 is 41.2 Å². The zero-order valence-electron chi connectivity index (χ0n) is 19.2. The van der Waals surface area contributed by atoms with Gasteiger partial charge in [-0.05, 0) is 18.1 Å². The van der Waals surface area contributed by atoms with Gasteiger partial charge in [-0.15, -0.1) is 0 Å². The van der Waals surface area contributed by atoms with Crippen molar-refractivity contribution in [2.75, 3.05) is 57.4 Å². The van der Waals surface area contributed by atoms with Gasteiger partial charge in [0.05, 0.1) is 29.5 Å². The molecule has 3 aliphatic rings. The van der Waals surface area contributed by atoms with Crippen LogP contribution in [0, 0.1) is 5.92 Å². The number of benzene rings is 1. The summed E-state index contributed by atoms with van der Waals surface area (Å²) in [6.45, 7) is 7.13. The monoisotopic (exact) mass is 493 g/mol. The fraction of sp³-hybridized carbons (Fsp3) is 0.545. The van der Waals surface area contributed by atoms with Crippen LogP contribution in [0.2, 0.25) is 5.02 Å². The highest BCUT2D eigenvalue weighted by Gasteiger charge is 2.43. The number of hydroxylamine groups is 2. The van der Waals surface area contributed by atoms with Crippen LogP contribution in [0.5, 0.6) is 0 Å². The third kappa shape index (κ3) is 4.76. The molecular weight excluding hydrogens is 466 g/mol. The largest absolute Gasteiger partial charge is 0.434 e. The van der Waals surface area contributed by atoms with Crippen molar-refractivity contribution in [1.29, 1.82) is 0 Å². The lowest BCUT2D eigenvalue weighted by atomic mass is 10.1. The molecule has 3 fully saturated rings. The number of hydrogen-bond acceptors (Lipinski definition) is 7. The van der Waals surface area contributed by atoms with Crippen LogP contribution < -0.4 is 10.2 Å². The average molecular weight is 494 g/mol. The second kappa shape index (κ2) is 10.1. The van der Waals surface area contributed by atoms with Gasteiger partial charge >= 0.3 is 12.1 Å². The molecule has 1 N–H and O–H groups in total. The fourth-order valence-electron chi connectivity index (χ4n) is 4.15. The van der Waals surface area contributed by atoms with Crippen molar-refractivity contribution in [1.82, 2.24) is 20.2 Å². The Bertz CT molecular complexity index is 975. The van der Waals surface area contributed by atoms with Gasteiger partial charge < -0.3 is 29.6 Å². The maximum atomic E-state index is 12.9. The second-order valence-corrected chi connectivity index (χ2v) is 9.06. The summed E-state index contributed by atoms with van der Waals surface area (Å²) in [5.41, 5.74) is 1.14. The molecule has 4 rings (SSSR count). The lowest BCUT2D eigenvalue weighted by molar-refractivity contribution is -0.152. The zero-order valence-corrected chi connectivity index (χ0v) is 19.9. The zero-order chi connectivity index (χ0) is 24.4. The van der Waals surface area contributed by atoms with Crippen molar-refractivity contribution in [2.24, 2.45) is 5.92 Å². The SMILES string of the molecule is CC(C)[C@H]1NC(=O)N(OC(=O)N2CCN(c3cccc(C(=O)N4CCOCC4)c3Cl)CC2)C1=O. The van der Waals surface area contributed by atoms with Gasteiger partial charge in [-0.25, -0.2) is 9.59 Å². The van der Waals surface area contributed by atoms with E-state index in [9.17, 15) is 19.2 Å². The van der Waals surface area contributed by atoms with E-state index >= 15 is 0 Å². The van der Waals surface area contributed by atoms with Crippen LogP contribution in [0.25, 0.3) is 0 Å². The Labute approximate surface area is 202 Å². The van der Waals surface area contributed by atoms with Gasteiger partial charge in [-0.1, -0.05) is 36.6 Å². The van der Waals surface area contributed by atoms with E-state index in [1.807, 2.05) is 11.0 Å². The Kier molecular flexibility index (Phi) is 7.13. The smallest absolute Gasteiger partial charge is 0.378 e. The molecule has 1 aromatic rings. The summed E-state index contributed by atoms with van der Waals surface area (Å²) in [5, 5.41) is 3.38. The molecule has 11 nitrogen and oxygen atoms in total. The van der Waals surface area contributed by atoms with Crippen molar-refractivity contribution in [2.45, 2.75) is 19.9 Å². The number of nitrogens with one attached hydrogen (secondary N) is 1. The van der Waals surface area contributed by atoms with Crippen LogP contribution in [0.15, 0.2) is 18.2 Å². The van der Waals surface area contributed by atoms with E-state index in [1.54, 1.807) is 30.9 Å². The third-order valence-corrected chi connectivity index (χ3v) is 6.55. The fourth-order valence-corrected chi connectivity index (χ4v) is 4.48. The number of rotatable bonds is 4. The Hall–Kier alpha value is -3.05. The number of piperazine rings is 1. The van der Waals surface area contributed by atoms with E-state index in [4.69, 9.17) is 21.2 Å². The molecule has 1 aromatic carbocycles. The van der Waals surface area contributed by atoms with Crippen molar-refractivity contribution in [3.63, 3.8) is 0 Å². The quantitative estimate of drug-likeness (QED) is 0.633. The molecule has 0 radical (unpaired) electrons. The lowest BCUT2D eigenvalue weighted by Gasteiger charge is -2.36. The van der Waals surface area contributed by atoms with Gasteiger partial charge in [-0.2, -0.15) is 0 Å². The van der Waals surface area contributed by atoms with Crippen LogP contribution >= 0.6 is 11.6 Å². The minimum absolute atomic E-state index is 0.126. The van der Waals surface area contributed by atoms with Gasteiger partial charge in [0.15, 0.2) is 0 Å². The number of anilines is 1. The first kappa shape index (κ1) is 24.1. The molecule has 3 aliphatic heterocycles. The normalized spacial score (nSPS) is 21.2. The summed E-state index contributed by atoms with van der Waals surface area (Å²) in [5.74, 6) is -0.842. The summed E-state index contributed by atoms with van der Waals surface area (Å²) in [7, 11) is 0. The summed E-state index contributed by atoms with van der Waals surface area (Å²) < 4.78 is 5.31. The molecule has 12 heteroatoms. The van der Waals surface area contributed by atoms with E-state index in [2.05, 4.69) is 5.32 Å². The first-order valence-corrected chi connectivity index (χ1v) is 11.7. The van der Waals surface area contributed by atoms with Crippen molar-refractivity contribution in [3.05, 3.63) is 28.8 Å². The molecule has 0 saturated carbocycles. The molecule has 3 heterocycles. The van der Waals surface area contributed by atoms with Gasteiger partial charge in [0.2, 0.25) is 0 Å². The number of nitrogens with zero attached hydrogens (tertiary/aromatic N) is 4. The van der Waals surface area contributed by atoms with Gasteiger partial charge in [-0.3, -0.25) is 9.59 Å². The topological polar surface area (TPSA) is 112 Å². The number of carbonyl (C=O) groups excluding carboxylic acids is 4. The van der Waals surface area contributed by atoms with E-state index in [-0.39, 0.29) is 11.8 Å². The molecule has 3 saturated heterocycles. The van der Waals surface area contributed by atoms with Crippen LogP contribution in [-0.4, -0.2) is 97.3 Å². The van der Waals surface area contributed by atoms with E-state index < -0.39 is 24.1 Å². The van der Waals surface area contributed by atoms with E-state index in [0.717, 1.165) is 0 Å². The van der Waals surface area contributed by atoms with E-state index in [0.29, 0.717) is 73.8 Å². The minimum atomic E-state index is -0.769. The predicted octanol–water partition coefficient (Wildman–Crippen LogP) is 1.56. The molecule has 0 spiro atoms. The number of imide groups is 1. The summed E-state index contributed by atoms with van der Waals surface area (Å²) in [6.07, 6.45) is -0.769. The molecule has 0 unspecified atom stereocenters. The molecule has 34 heavy (non-hydrogen) atoms. The molecule has 5 amide bonds. The highest BCUT2D eigenvalue weighted by molar-refractivity contribution is 6.36. The summed E-state index contributed by atoms with van der Waals surface area (Å²) in [4.78, 5) is 60.1. The number of amides is 5. The highest BCUT2D eigenvalue weighted by Crippen LogP contribution is 2.31. The van der Waals surface area contributed by atoms with Crippen molar-refractivity contribution in [3.8, 4) is 0 Å². The maximum Gasteiger partial charge on any atom is 0.434 e. The number of halogens is 1. The van der Waals surface area contributed by atoms with Gasteiger partial charge in [0, 0.05) is 39.3 Å². The third-order valence-electron chi connectivity index (χ3n) is 6.15. The van der Waals surface area contributed by atoms with E-state index in [1.165, 1.54) is 4.90 Å². The average Bonchev–Trinajstić information content (AvgIpc) is 3.13. The molecule has 184 valence electrons. The number of urea groups is 1. The highest BCUT2D eigenvalue weighted by atomic mass is 35.5. The van der Waals surface area contributed by atoms with Gasteiger partial charge in [0.1, 0.15) is 6.04 Å². The Morgan fingerprint density at radius 3 is 2.35 bits per heavy atom. The number of ether oxygens (including phenoxy) is 1. The first-order valence-electron chi connectivity index (χ1n) is 11.3. The molecule has 0 bridgehead atoms. The minimum Gasteiger partial charge on any atom is -0.378 e. The predicted molar refractivity (Wildman–Crippen MR) is 122 cm³/mol. The Balaban J connectivity index is 1.36. The number of hydrogen-bond donors (Lipinski definition) is 1. The summed E-state index contributed by atoms with van der Waals surface area (Å²) in [6, 6.07) is 3.87. The van der Waals surface area contributed by atoms with Crippen LogP contribution in [0.3, 0.4) is 0 Å². The van der Waals surface area contributed by atoms with Crippen molar-refractivity contribution < 1.29 is 28.8 Å². The molecule has 1 atom stereocenters. The van der Waals surface area contributed by atoms with Crippen LogP contribution in [0.4, 0.5) is 15.3 Å². The maximum absolute atomic E-state index is 12.9. The Morgan fingerprint density at radius 1 is 1.06 bits per heavy atom. The van der Waals surface area contributed by atoms with Gasteiger partial charge in [0.25, 0.3) is 11.8 Å². The molecule has 0 aliphatic carbocycles. The van der Waals surface area contributed by atoms with Crippen LogP contribution in [0.1, 0.15) is 24.2 Å². The molecule has 0 aromatic heterocycles. The second-order valence-electron chi connectivity index (χ2n) is 8.68.